The van der Waals surface area contributed by atoms with Crippen molar-refractivity contribution in [2.75, 3.05) is 6.26 Å². The van der Waals surface area contributed by atoms with Crippen molar-refractivity contribution >= 4 is 20.7 Å². The Balaban J connectivity index is 2.15. The molecule has 1 aromatic carbocycles. The fourth-order valence-corrected chi connectivity index (χ4v) is 3.89. The molecule has 0 spiro atoms. The van der Waals surface area contributed by atoms with Crippen molar-refractivity contribution in [3.63, 3.8) is 0 Å². The second-order valence-corrected chi connectivity index (χ2v) is 8.98. The van der Waals surface area contributed by atoms with E-state index in [0.717, 1.165) is 25.5 Å². The average molecular weight is 320 g/mol. The topological polar surface area (TPSA) is 69.0 Å². The predicted octanol–water partition coefficient (Wildman–Crippen LogP) is 2.55. The molecule has 1 aliphatic carbocycles. The molecule has 1 unspecified atom stereocenters. The zero-order chi connectivity index (χ0) is 16.1. The van der Waals surface area contributed by atoms with Crippen LogP contribution in [0.15, 0.2) is 34.2 Å². The molecule has 1 saturated carbocycles. The van der Waals surface area contributed by atoms with Crippen LogP contribution in [0, 0.1) is 5.41 Å². The van der Waals surface area contributed by atoms with Gasteiger partial charge in [0.15, 0.2) is 9.84 Å². The van der Waals surface area contributed by atoms with Gasteiger partial charge in [0.25, 0.3) is 5.56 Å². The van der Waals surface area contributed by atoms with Crippen LogP contribution < -0.4 is 5.56 Å². The molecule has 0 aliphatic heterocycles. The van der Waals surface area contributed by atoms with Crippen LogP contribution in [0.5, 0.6) is 0 Å². The van der Waals surface area contributed by atoms with Crippen LogP contribution in [0.25, 0.3) is 10.9 Å². The Hall–Kier alpha value is -1.69. The van der Waals surface area contributed by atoms with Gasteiger partial charge in [-0.3, -0.25) is 9.36 Å². The van der Waals surface area contributed by atoms with Crippen LogP contribution in [0.1, 0.15) is 39.2 Å². The van der Waals surface area contributed by atoms with E-state index in [4.69, 9.17) is 0 Å². The monoisotopic (exact) mass is 320 g/mol. The number of fused-ring (bicyclic) bond motifs is 1. The summed E-state index contributed by atoms with van der Waals surface area (Å²) in [6, 6.07) is 4.67. The van der Waals surface area contributed by atoms with Gasteiger partial charge in [0.05, 0.1) is 22.1 Å². The van der Waals surface area contributed by atoms with Crippen molar-refractivity contribution in [3.8, 4) is 0 Å². The molecule has 22 heavy (non-hydrogen) atoms. The maximum Gasteiger partial charge on any atom is 0.261 e. The Morgan fingerprint density at radius 2 is 2.05 bits per heavy atom. The molecule has 0 N–H and O–H groups in total. The van der Waals surface area contributed by atoms with Crippen LogP contribution in [0.3, 0.4) is 0 Å². The Kier molecular flexibility index (Phi) is 3.40. The van der Waals surface area contributed by atoms with Crippen molar-refractivity contribution in [1.29, 1.82) is 0 Å². The molecular formula is C16H20N2O3S. The third-order valence-corrected chi connectivity index (χ3v) is 5.63. The lowest BCUT2D eigenvalue weighted by Gasteiger charge is -2.18. The molecule has 5 nitrogen and oxygen atoms in total. The second-order valence-electron chi connectivity index (χ2n) is 6.97. The minimum absolute atomic E-state index is 0.140. The molecule has 1 aromatic heterocycles. The number of hydrogen-bond acceptors (Lipinski definition) is 4. The summed E-state index contributed by atoms with van der Waals surface area (Å²) in [5.41, 5.74) is 0.609. The van der Waals surface area contributed by atoms with E-state index in [1.54, 1.807) is 17.0 Å². The van der Waals surface area contributed by atoms with E-state index in [9.17, 15) is 13.2 Å². The molecule has 6 heteroatoms. The summed E-state index contributed by atoms with van der Waals surface area (Å²) in [6.45, 7) is 4.41. The molecule has 1 fully saturated rings. The normalized spacial score (nSPS) is 21.3. The lowest BCUT2D eigenvalue weighted by Crippen LogP contribution is -2.24. The molecular weight excluding hydrogens is 300 g/mol. The maximum atomic E-state index is 12.7. The van der Waals surface area contributed by atoms with Gasteiger partial charge in [-0.1, -0.05) is 13.8 Å². The SMILES string of the molecule is CC1(C)CCC(n2cnc3ccc(S(C)(=O)=O)cc3c2=O)C1. The van der Waals surface area contributed by atoms with Gasteiger partial charge in [0, 0.05) is 12.3 Å². The van der Waals surface area contributed by atoms with Crippen LogP contribution in [-0.2, 0) is 9.84 Å². The van der Waals surface area contributed by atoms with Crippen LogP contribution in [0.2, 0.25) is 0 Å². The third-order valence-electron chi connectivity index (χ3n) is 4.52. The number of nitrogens with zero attached hydrogens (tertiary/aromatic N) is 2. The van der Waals surface area contributed by atoms with Gasteiger partial charge in [-0.15, -0.1) is 0 Å². The van der Waals surface area contributed by atoms with Crippen LogP contribution in [-0.4, -0.2) is 24.2 Å². The fourth-order valence-electron chi connectivity index (χ4n) is 3.24. The zero-order valence-electron chi connectivity index (χ0n) is 13.0. The van der Waals surface area contributed by atoms with Gasteiger partial charge in [0.1, 0.15) is 0 Å². The minimum Gasteiger partial charge on any atom is -0.296 e. The molecule has 1 heterocycles. The van der Waals surface area contributed by atoms with Crippen molar-refractivity contribution in [2.24, 2.45) is 5.41 Å². The quantitative estimate of drug-likeness (QED) is 0.852. The fraction of sp³-hybridized carbons (Fsp3) is 0.500. The smallest absolute Gasteiger partial charge is 0.261 e. The van der Waals surface area contributed by atoms with E-state index >= 15 is 0 Å². The predicted molar refractivity (Wildman–Crippen MR) is 85.8 cm³/mol. The van der Waals surface area contributed by atoms with Gasteiger partial charge < -0.3 is 0 Å². The highest BCUT2D eigenvalue weighted by Crippen LogP contribution is 2.42. The van der Waals surface area contributed by atoms with Gasteiger partial charge in [-0.2, -0.15) is 0 Å². The molecule has 2 aromatic rings. The van der Waals surface area contributed by atoms with E-state index in [1.165, 1.54) is 12.1 Å². The molecule has 0 saturated heterocycles. The standard InChI is InChI=1S/C16H20N2O3S/c1-16(2)7-6-11(9-16)18-10-17-14-5-4-12(22(3,20)21)8-13(14)15(18)19/h4-5,8,10-11H,6-7,9H2,1-3H3. The summed E-state index contributed by atoms with van der Waals surface area (Å²) >= 11 is 0. The Bertz CT molecular complexity index is 897. The molecule has 3 rings (SSSR count). The van der Waals surface area contributed by atoms with Gasteiger partial charge >= 0.3 is 0 Å². The molecule has 0 bridgehead atoms. The summed E-state index contributed by atoms with van der Waals surface area (Å²) in [5, 5.41) is 0.370. The molecule has 0 radical (unpaired) electrons. The van der Waals surface area contributed by atoms with Gasteiger partial charge in [-0.25, -0.2) is 13.4 Å². The minimum atomic E-state index is -3.34. The highest BCUT2D eigenvalue weighted by molar-refractivity contribution is 7.90. The zero-order valence-corrected chi connectivity index (χ0v) is 13.9. The van der Waals surface area contributed by atoms with Gasteiger partial charge in [0.2, 0.25) is 0 Å². The summed E-state index contributed by atoms with van der Waals surface area (Å²) in [7, 11) is -3.34. The maximum absolute atomic E-state index is 12.7. The Labute approximate surface area is 129 Å². The highest BCUT2D eigenvalue weighted by Gasteiger charge is 2.32. The first-order chi connectivity index (χ1) is 10.2. The molecule has 1 aliphatic rings. The first-order valence-electron chi connectivity index (χ1n) is 7.38. The first kappa shape index (κ1) is 15.2. The van der Waals surface area contributed by atoms with Crippen molar-refractivity contribution in [1.82, 2.24) is 9.55 Å². The summed E-state index contributed by atoms with van der Waals surface area (Å²) in [5.74, 6) is 0. The van der Waals surface area contributed by atoms with E-state index < -0.39 is 9.84 Å². The number of hydrogen-bond donors (Lipinski definition) is 0. The van der Waals surface area contributed by atoms with E-state index in [1.807, 2.05) is 0 Å². The van der Waals surface area contributed by atoms with E-state index in [2.05, 4.69) is 18.8 Å². The lowest BCUT2D eigenvalue weighted by molar-refractivity contribution is 0.356. The van der Waals surface area contributed by atoms with Crippen LogP contribution >= 0.6 is 0 Å². The molecule has 1 atom stereocenters. The summed E-state index contributed by atoms with van der Waals surface area (Å²) < 4.78 is 25.0. The average Bonchev–Trinajstić information content (AvgIpc) is 2.78. The first-order valence-corrected chi connectivity index (χ1v) is 9.27. The summed E-state index contributed by atoms with van der Waals surface area (Å²) in [4.78, 5) is 17.2. The Morgan fingerprint density at radius 1 is 1.32 bits per heavy atom. The van der Waals surface area contributed by atoms with Crippen LogP contribution in [0.4, 0.5) is 0 Å². The number of sulfone groups is 1. The number of benzene rings is 1. The molecule has 0 amide bonds. The largest absolute Gasteiger partial charge is 0.296 e. The van der Waals surface area contributed by atoms with Gasteiger partial charge in [-0.05, 0) is 42.9 Å². The number of aromatic nitrogens is 2. The molecule has 118 valence electrons. The van der Waals surface area contributed by atoms with E-state index in [-0.39, 0.29) is 21.9 Å². The third kappa shape index (κ3) is 2.67. The highest BCUT2D eigenvalue weighted by atomic mass is 32.2. The summed E-state index contributed by atoms with van der Waals surface area (Å²) in [6.07, 6.45) is 5.70. The van der Waals surface area contributed by atoms with Crippen molar-refractivity contribution in [2.45, 2.75) is 44.0 Å². The van der Waals surface area contributed by atoms with Crippen molar-refractivity contribution < 1.29 is 8.42 Å². The second kappa shape index (κ2) is 4.91. The number of rotatable bonds is 2. The van der Waals surface area contributed by atoms with Crippen molar-refractivity contribution in [3.05, 3.63) is 34.9 Å². The lowest BCUT2D eigenvalue weighted by atomic mass is 9.92. The van der Waals surface area contributed by atoms with E-state index in [0.29, 0.717) is 10.9 Å². The Morgan fingerprint density at radius 3 is 2.64 bits per heavy atom.